The number of hydrogen-bond donors (Lipinski definition) is 2. The van der Waals surface area contributed by atoms with E-state index in [4.69, 9.17) is 5.73 Å². The topological polar surface area (TPSA) is 107 Å². The van der Waals surface area contributed by atoms with E-state index in [1.807, 2.05) is 6.92 Å². The van der Waals surface area contributed by atoms with Gasteiger partial charge in [0.25, 0.3) is 10.0 Å². The van der Waals surface area contributed by atoms with E-state index in [-0.39, 0.29) is 17.4 Å². The molecule has 3 rings (SSSR count). The van der Waals surface area contributed by atoms with Gasteiger partial charge in [0, 0.05) is 36.9 Å². The average Bonchev–Trinajstić information content (AvgIpc) is 3.01. The molecule has 0 amide bonds. The van der Waals surface area contributed by atoms with Crippen LogP contribution in [0.4, 0.5) is 5.82 Å². The summed E-state index contributed by atoms with van der Waals surface area (Å²) in [4.78, 5) is 4.59. The number of sulfonamides is 1. The van der Waals surface area contributed by atoms with Crippen molar-refractivity contribution in [2.75, 3.05) is 5.73 Å². The molecule has 3 N–H and O–H groups in total. The number of thiazole rings is 1. The fraction of sp³-hybridized carbons (Fsp3) is 0.273. The minimum atomic E-state index is -3.75. The summed E-state index contributed by atoms with van der Waals surface area (Å²) in [6.07, 6.45) is 3.41. The summed E-state index contributed by atoms with van der Waals surface area (Å²) in [6.45, 7) is 1.98. The molecule has 0 aliphatic carbocycles. The van der Waals surface area contributed by atoms with Gasteiger partial charge in [-0.3, -0.25) is 9.08 Å². The second-order valence-electron chi connectivity index (χ2n) is 4.60. The smallest absolute Gasteiger partial charge is 0.260 e. The Hall–Kier alpha value is -1.91. The number of nitrogens with one attached hydrogen (secondary N) is 1. The summed E-state index contributed by atoms with van der Waals surface area (Å²) >= 11 is 1.32. The number of rotatable bonds is 4. The Labute approximate surface area is 125 Å². The molecular formula is C11H14N6O2S2. The zero-order valence-electron chi connectivity index (χ0n) is 11.4. The summed E-state index contributed by atoms with van der Waals surface area (Å²) in [6, 6.07) is 0. The Bertz CT molecular complexity index is 905. The second-order valence-corrected chi connectivity index (χ2v) is 7.15. The maximum atomic E-state index is 12.4. The first-order valence-electron chi connectivity index (χ1n) is 6.08. The molecule has 3 aromatic rings. The van der Waals surface area contributed by atoms with Crippen molar-refractivity contribution in [2.45, 2.75) is 18.5 Å². The van der Waals surface area contributed by atoms with E-state index in [2.05, 4.69) is 14.8 Å². The zero-order valence-corrected chi connectivity index (χ0v) is 13.1. The van der Waals surface area contributed by atoms with E-state index in [0.717, 1.165) is 11.3 Å². The van der Waals surface area contributed by atoms with Crippen molar-refractivity contribution >= 4 is 32.1 Å². The van der Waals surface area contributed by atoms with Gasteiger partial charge < -0.3 is 5.73 Å². The van der Waals surface area contributed by atoms with E-state index in [0.29, 0.717) is 4.96 Å². The normalized spacial score (nSPS) is 12.3. The molecule has 0 saturated carbocycles. The van der Waals surface area contributed by atoms with Crippen molar-refractivity contribution in [3.8, 4) is 0 Å². The summed E-state index contributed by atoms with van der Waals surface area (Å²) in [5.41, 5.74) is 7.32. The highest BCUT2D eigenvalue weighted by Gasteiger charge is 2.24. The summed E-state index contributed by atoms with van der Waals surface area (Å²) < 4.78 is 30.5. The number of fused-ring (bicyclic) bond motifs is 1. The van der Waals surface area contributed by atoms with Crippen molar-refractivity contribution in [1.29, 1.82) is 0 Å². The molecule has 21 heavy (non-hydrogen) atoms. The number of hydrogen-bond acceptors (Lipinski definition) is 6. The van der Waals surface area contributed by atoms with Gasteiger partial charge in [-0.2, -0.15) is 5.10 Å². The van der Waals surface area contributed by atoms with Crippen molar-refractivity contribution in [3.05, 3.63) is 29.0 Å². The highest BCUT2D eigenvalue weighted by Crippen LogP contribution is 2.23. The van der Waals surface area contributed by atoms with Crippen molar-refractivity contribution in [2.24, 2.45) is 7.05 Å². The lowest BCUT2D eigenvalue weighted by Gasteiger charge is -2.05. The average molecular weight is 326 g/mol. The molecule has 112 valence electrons. The van der Waals surface area contributed by atoms with Crippen LogP contribution in [-0.2, 0) is 23.6 Å². The molecule has 0 saturated heterocycles. The predicted octanol–water partition coefficient (Wildman–Crippen LogP) is 0.498. The van der Waals surface area contributed by atoms with Crippen LogP contribution in [0.15, 0.2) is 22.8 Å². The van der Waals surface area contributed by atoms with Crippen molar-refractivity contribution < 1.29 is 8.42 Å². The highest BCUT2D eigenvalue weighted by atomic mass is 32.2. The van der Waals surface area contributed by atoms with Crippen LogP contribution in [0.3, 0.4) is 0 Å². The van der Waals surface area contributed by atoms with Crippen LogP contribution in [0.25, 0.3) is 4.96 Å². The molecule has 0 aliphatic rings. The van der Waals surface area contributed by atoms with Gasteiger partial charge >= 0.3 is 0 Å². The fourth-order valence-corrected chi connectivity index (χ4v) is 4.10. The Balaban J connectivity index is 1.92. The maximum Gasteiger partial charge on any atom is 0.260 e. The van der Waals surface area contributed by atoms with Gasteiger partial charge in [-0.05, 0) is 6.92 Å². The number of anilines is 1. The first kappa shape index (κ1) is 14.0. The monoisotopic (exact) mass is 326 g/mol. The minimum absolute atomic E-state index is 0.00254. The fourth-order valence-electron chi connectivity index (χ4n) is 2.11. The molecule has 8 nitrogen and oxygen atoms in total. The largest absolute Gasteiger partial charge is 0.381 e. The third kappa shape index (κ3) is 2.41. The molecule has 3 aromatic heterocycles. The van der Waals surface area contributed by atoms with Gasteiger partial charge in [0.05, 0.1) is 5.69 Å². The van der Waals surface area contributed by atoms with Gasteiger partial charge in [0.15, 0.2) is 15.8 Å². The van der Waals surface area contributed by atoms with Gasteiger partial charge in [-0.25, -0.2) is 18.1 Å². The zero-order chi connectivity index (χ0) is 15.2. The van der Waals surface area contributed by atoms with Crippen LogP contribution >= 0.6 is 11.3 Å². The van der Waals surface area contributed by atoms with E-state index in [1.165, 1.54) is 15.7 Å². The molecule has 0 bridgehead atoms. The Morgan fingerprint density at radius 1 is 1.48 bits per heavy atom. The molecule has 10 heteroatoms. The number of nitrogen functional groups attached to an aromatic ring is 1. The lowest BCUT2D eigenvalue weighted by atomic mass is 10.3. The van der Waals surface area contributed by atoms with Crippen LogP contribution < -0.4 is 10.5 Å². The number of imidazole rings is 1. The SMILES string of the molecule is Cc1nn(C)cc1CNS(=O)(=O)c1c(N)nc2sccn12. The first-order valence-corrected chi connectivity index (χ1v) is 8.44. The molecular weight excluding hydrogens is 312 g/mol. The van der Waals surface area contributed by atoms with Gasteiger partial charge in [0.2, 0.25) is 0 Å². The number of nitrogens with zero attached hydrogens (tertiary/aromatic N) is 4. The Morgan fingerprint density at radius 2 is 2.24 bits per heavy atom. The number of aromatic nitrogens is 4. The molecule has 0 aliphatic heterocycles. The Morgan fingerprint density at radius 3 is 2.90 bits per heavy atom. The third-order valence-corrected chi connectivity index (χ3v) is 5.26. The predicted molar refractivity (Wildman–Crippen MR) is 79.5 cm³/mol. The van der Waals surface area contributed by atoms with E-state index in [1.54, 1.807) is 29.5 Å². The first-order chi connectivity index (χ1) is 9.88. The molecule has 0 spiro atoms. The molecule has 0 unspecified atom stereocenters. The van der Waals surface area contributed by atoms with Crippen LogP contribution in [-0.4, -0.2) is 27.6 Å². The van der Waals surface area contributed by atoms with E-state index in [9.17, 15) is 8.42 Å². The third-order valence-electron chi connectivity index (χ3n) is 3.07. The van der Waals surface area contributed by atoms with Gasteiger partial charge in [0.1, 0.15) is 0 Å². The van der Waals surface area contributed by atoms with Crippen LogP contribution in [0.1, 0.15) is 11.3 Å². The molecule has 0 aromatic carbocycles. The van der Waals surface area contributed by atoms with Crippen LogP contribution in [0, 0.1) is 6.92 Å². The minimum Gasteiger partial charge on any atom is -0.381 e. The van der Waals surface area contributed by atoms with E-state index >= 15 is 0 Å². The lowest BCUT2D eigenvalue weighted by molar-refractivity contribution is 0.577. The van der Waals surface area contributed by atoms with Gasteiger partial charge in [-0.1, -0.05) is 0 Å². The standard InChI is InChI=1S/C11H14N6O2S2/c1-7-8(6-16(2)15-7)5-13-21(18,19)10-9(12)14-11-17(10)3-4-20-11/h3-4,6,13H,5,12H2,1-2H3. The molecule has 0 radical (unpaired) electrons. The maximum absolute atomic E-state index is 12.4. The molecule has 0 fully saturated rings. The Kier molecular flexibility index (Phi) is 3.23. The summed E-state index contributed by atoms with van der Waals surface area (Å²) in [5.74, 6) is -0.00254. The molecule has 3 heterocycles. The van der Waals surface area contributed by atoms with Crippen molar-refractivity contribution in [3.63, 3.8) is 0 Å². The van der Waals surface area contributed by atoms with E-state index < -0.39 is 10.0 Å². The number of nitrogens with two attached hydrogens (primary N) is 1. The highest BCUT2D eigenvalue weighted by molar-refractivity contribution is 7.89. The van der Waals surface area contributed by atoms with Crippen LogP contribution in [0.5, 0.6) is 0 Å². The lowest BCUT2D eigenvalue weighted by Crippen LogP contribution is -2.25. The van der Waals surface area contributed by atoms with Crippen molar-refractivity contribution in [1.82, 2.24) is 23.9 Å². The number of aryl methyl sites for hydroxylation is 2. The summed E-state index contributed by atoms with van der Waals surface area (Å²) in [5, 5.41) is 5.90. The van der Waals surface area contributed by atoms with Gasteiger partial charge in [-0.15, -0.1) is 11.3 Å². The van der Waals surface area contributed by atoms with Crippen LogP contribution in [0.2, 0.25) is 0 Å². The summed E-state index contributed by atoms with van der Waals surface area (Å²) in [7, 11) is -1.97. The quantitative estimate of drug-likeness (QED) is 0.726. The second kappa shape index (κ2) is 4.83. The molecule has 0 atom stereocenters.